The lowest BCUT2D eigenvalue weighted by Gasteiger charge is -2.25. The lowest BCUT2D eigenvalue weighted by molar-refractivity contribution is -0.142. The number of aromatic amines is 1. The second-order valence-electron chi connectivity index (χ2n) is 10.4. The molecule has 0 saturated heterocycles. The highest BCUT2D eigenvalue weighted by Gasteiger charge is 2.31. The summed E-state index contributed by atoms with van der Waals surface area (Å²) < 4.78 is 0. The number of fused-ring (bicyclic) bond motifs is 1. The van der Waals surface area contributed by atoms with Crippen LogP contribution in [0.3, 0.4) is 0 Å². The van der Waals surface area contributed by atoms with E-state index >= 15 is 0 Å². The van der Waals surface area contributed by atoms with Crippen molar-refractivity contribution in [3.63, 3.8) is 0 Å². The third-order valence-corrected chi connectivity index (χ3v) is 7.82. The Morgan fingerprint density at radius 1 is 0.837 bits per heavy atom. The molecular weight excluding hydrogens is 568 g/mol. The molecule has 12 heteroatoms. The Kier molecular flexibility index (Phi) is 13.5. The summed E-state index contributed by atoms with van der Waals surface area (Å²) in [5.74, 6) is -2.16. The molecule has 11 nitrogen and oxygen atoms in total. The summed E-state index contributed by atoms with van der Waals surface area (Å²) in [5, 5.41) is 18.9. The summed E-state index contributed by atoms with van der Waals surface area (Å²) in [5.41, 5.74) is 14.1. The number of aromatic nitrogens is 1. The van der Waals surface area contributed by atoms with E-state index < -0.39 is 47.9 Å². The molecule has 4 atom stereocenters. The minimum absolute atomic E-state index is 0.0708. The van der Waals surface area contributed by atoms with Crippen LogP contribution in [0.1, 0.15) is 36.8 Å². The van der Waals surface area contributed by atoms with Gasteiger partial charge in [-0.1, -0.05) is 48.5 Å². The predicted molar refractivity (Wildman–Crippen MR) is 169 cm³/mol. The molecule has 3 aromatic rings. The van der Waals surface area contributed by atoms with E-state index in [2.05, 4.69) is 20.9 Å². The maximum Gasteiger partial charge on any atom is 0.326 e. The quantitative estimate of drug-likeness (QED) is 0.106. The smallest absolute Gasteiger partial charge is 0.326 e. The number of aliphatic carboxylic acids is 1. The fourth-order valence-electron chi connectivity index (χ4n) is 4.74. The Morgan fingerprint density at radius 2 is 1.49 bits per heavy atom. The Hall–Kier alpha value is -3.87. The number of thioether (sulfide) groups is 1. The van der Waals surface area contributed by atoms with E-state index in [4.69, 9.17) is 11.5 Å². The Morgan fingerprint density at radius 3 is 2.19 bits per heavy atom. The number of H-pyrrole nitrogens is 1. The van der Waals surface area contributed by atoms with Crippen LogP contribution in [0.5, 0.6) is 0 Å². The normalized spacial score (nSPS) is 13.9. The van der Waals surface area contributed by atoms with Gasteiger partial charge in [0.15, 0.2) is 0 Å². The van der Waals surface area contributed by atoms with Gasteiger partial charge in [0.05, 0.1) is 6.04 Å². The average molecular weight is 611 g/mol. The lowest BCUT2D eigenvalue weighted by Crippen LogP contribution is -2.57. The largest absolute Gasteiger partial charge is 0.480 e. The number of rotatable bonds is 18. The van der Waals surface area contributed by atoms with Gasteiger partial charge in [-0.25, -0.2) is 4.79 Å². The summed E-state index contributed by atoms with van der Waals surface area (Å²) in [6.07, 6.45) is 5.83. The molecule has 0 aliphatic carbocycles. The zero-order chi connectivity index (χ0) is 31.2. The SMILES string of the molecule is CSCCC(N)C(=O)NC(CCCCN)C(=O)NC(Cc1c[nH]c2ccccc12)C(=O)NC(Cc1ccccc1)C(=O)O. The first kappa shape index (κ1) is 33.6. The van der Waals surface area contributed by atoms with E-state index in [1.807, 2.05) is 36.6 Å². The summed E-state index contributed by atoms with van der Waals surface area (Å²) in [7, 11) is 0. The van der Waals surface area contributed by atoms with Crippen molar-refractivity contribution in [1.29, 1.82) is 0 Å². The van der Waals surface area contributed by atoms with Crippen LogP contribution >= 0.6 is 11.8 Å². The van der Waals surface area contributed by atoms with Gasteiger partial charge in [-0.2, -0.15) is 11.8 Å². The topological polar surface area (TPSA) is 192 Å². The van der Waals surface area contributed by atoms with Crippen LogP contribution in [0.15, 0.2) is 60.8 Å². The van der Waals surface area contributed by atoms with Crippen LogP contribution in [0.2, 0.25) is 0 Å². The van der Waals surface area contributed by atoms with Crippen molar-refractivity contribution in [2.24, 2.45) is 11.5 Å². The highest BCUT2D eigenvalue weighted by atomic mass is 32.2. The van der Waals surface area contributed by atoms with Crippen molar-refractivity contribution >= 4 is 46.4 Å². The van der Waals surface area contributed by atoms with Crippen molar-refractivity contribution in [2.75, 3.05) is 18.6 Å². The van der Waals surface area contributed by atoms with Gasteiger partial charge in [-0.3, -0.25) is 14.4 Å². The number of hydrogen-bond donors (Lipinski definition) is 7. The first-order chi connectivity index (χ1) is 20.7. The van der Waals surface area contributed by atoms with Gasteiger partial charge in [-0.05, 0) is 61.4 Å². The number of carboxylic acid groups (broad SMARTS) is 1. The molecule has 0 saturated carbocycles. The van der Waals surface area contributed by atoms with E-state index in [0.29, 0.717) is 38.0 Å². The molecule has 3 rings (SSSR count). The standard InChI is InChI=1S/C31H42N6O5S/c1-43-16-14-23(33)28(38)35-25(13-7-8-15-32)29(39)36-26(18-21-19-34-24-12-6-5-11-22(21)24)30(40)37-27(31(41)42)17-20-9-3-2-4-10-20/h2-6,9-12,19,23,25-27,34H,7-8,13-18,32-33H2,1H3,(H,35,38)(H,36,39)(H,37,40)(H,41,42). The number of unbranched alkanes of at least 4 members (excludes halogenated alkanes) is 1. The number of amides is 3. The second-order valence-corrected chi connectivity index (χ2v) is 11.4. The summed E-state index contributed by atoms with van der Waals surface area (Å²) in [6, 6.07) is 12.5. The molecule has 232 valence electrons. The molecule has 1 heterocycles. The average Bonchev–Trinajstić information content (AvgIpc) is 3.41. The molecule has 0 bridgehead atoms. The van der Waals surface area contributed by atoms with Crippen LogP contribution in [-0.2, 0) is 32.0 Å². The summed E-state index contributed by atoms with van der Waals surface area (Å²) in [6.45, 7) is 0.430. The van der Waals surface area contributed by atoms with Crippen molar-refractivity contribution < 1.29 is 24.3 Å². The maximum absolute atomic E-state index is 13.7. The van der Waals surface area contributed by atoms with Gasteiger partial charge in [0.25, 0.3) is 0 Å². The van der Waals surface area contributed by atoms with Crippen LogP contribution < -0.4 is 27.4 Å². The number of carbonyl (C=O) groups is 4. The fraction of sp³-hybridized carbons (Fsp3) is 0.419. The molecule has 9 N–H and O–H groups in total. The molecule has 3 amide bonds. The van der Waals surface area contributed by atoms with Crippen LogP contribution in [0.25, 0.3) is 10.9 Å². The highest BCUT2D eigenvalue weighted by molar-refractivity contribution is 7.98. The fourth-order valence-corrected chi connectivity index (χ4v) is 5.23. The maximum atomic E-state index is 13.7. The summed E-state index contributed by atoms with van der Waals surface area (Å²) in [4.78, 5) is 55.4. The number of benzene rings is 2. The van der Waals surface area contributed by atoms with Gasteiger partial charge in [0, 0.05) is 29.9 Å². The molecule has 2 aromatic carbocycles. The first-order valence-electron chi connectivity index (χ1n) is 14.4. The number of carboxylic acids is 1. The minimum Gasteiger partial charge on any atom is -0.480 e. The number of hydrogen-bond acceptors (Lipinski definition) is 7. The van der Waals surface area contributed by atoms with E-state index in [9.17, 15) is 24.3 Å². The number of nitrogens with one attached hydrogen (secondary N) is 4. The summed E-state index contributed by atoms with van der Waals surface area (Å²) >= 11 is 1.57. The van der Waals surface area contributed by atoms with Gasteiger partial charge in [-0.15, -0.1) is 0 Å². The van der Waals surface area contributed by atoms with E-state index in [0.717, 1.165) is 22.0 Å². The van der Waals surface area contributed by atoms with Crippen molar-refractivity contribution in [1.82, 2.24) is 20.9 Å². The Labute approximate surface area is 255 Å². The zero-order valence-electron chi connectivity index (χ0n) is 24.4. The van der Waals surface area contributed by atoms with Crippen LogP contribution in [-0.4, -0.2) is 76.5 Å². The Bertz CT molecular complexity index is 1350. The third kappa shape index (κ3) is 10.4. The second kappa shape index (κ2) is 17.3. The van der Waals surface area contributed by atoms with Gasteiger partial charge in [0.1, 0.15) is 18.1 Å². The van der Waals surface area contributed by atoms with E-state index in [-0.39, 0.29) is 12.8 Å². The predicted octanol–water partition coefficient (Wildman–Crippen LogP) is 1.70. The number of nitrogens with two attached hydrogens (primary N) is 2. The van der Waals surface area contributed by atoms with E-state index in [1.54, 1.807) is 42.2 Å². The van der Waals surface area contributed by atoms with Crippen molar-refractivity contribution in [2.45, 2.75) is 62.7 Å². The first-order valence-corrected chi connectivity index (χ1v) is 15.8. The number of carbonyl (C=O) groups excluding carboxylic acids is 3. The number of para-hydroxylation sites is 1. The van der Waals surface area contributed by atoms with Crippen LogP contribution in [0, 0.1) is 0 Å². The van der Waals surface area contributed by atoms with Gasteiger partial charge in [0.2, 0.25) is 17.7 Å². The molecule has 4 unspecified atom stereocenters. The highest BCUT2D eigenvalue weighted by Crippen LogP contribution is 2.19. The molecule has 1 aromatic heterocycles. The third-order valence-electron chi connectivity index (χ3n) is 7.18. The van der Waals surface area contributed by atoms with E-state index in [1.165, 1.54) is 0 Å². The lowest BCUT2D eigenvalue weighted by atomic mass is 10.0. The molecule has 43 heavy (non-hydrogen) atoms. The molecule has 0 spiro atoms. The molecule has 0 fully saturated rings. The molecule has 0 radical (unpaired) electrons. The van der Waals surface area contributed by atoms with Gasteiger partial charge < -0.3 is 37.5 Å². The molecule has 0 aliphatic heterocycles. The molecular formula is C31H42N6O5S. The van der Waals surface area contributed by atoms with Crippen molar-refractivity contribution in [3.05, 3.63) is 71.9 Å². The Balaban J connectivity index is 1.84. The monoisotopic (exact) mass is 610 g/mol. The van der Waals surface area contributed by atoms with Crippen LogP contribution in [0.4, 0.5) is 0 Å². The minimum atomic E-state index is -1.22. The molecule has 0 aliphatic rings. The van der Waals surface area contributed by atoms with Gasteiger partial charge >= 0.3 is 5.97 Å². The zero-order valence-corrected chi connectivity index (χ0v) is 25.2. The van der Waals surface area contributed by atoms with Crippen molar-refractivity contribution in [3.8, 4) is 0 Å².